The first-order valence-electron chi connectivity index (χ1n) is 17.6. The molecule has 0 saturated carbocycles. The number of benzene rings is 5. The second kappa shape index (κ2) is 15.3. The number of hydrogen-bond acceptors (Lipinski definition) is 6. The van der Waals surface area contributed by atoms with Crippen molar-refractivity contribution in [1.29, 1.82) is 0 Å². The molecule has 0 spiro atoms. The largest absolute Gasteiger partial charge is 0.507 e. The predicted octanol–water partition coefficient (Wildman–Crippen LogP) is 11.5. The molecule has 0 aliphatic heterocycles. The zero-order valence-corrected chi connectivity index (χ0v) is 33.1. The second-order valence-corrected chi connectivity index (χ2v) is 14.9. The average Bonchev–Trinajstić information content (AvgIpc) is 3.15. The number of phenols is 1. The molecular formula is C46H42N5OPt-. The fourth-order valence-electron chi connectivity index (χ4n) is 6.25. The Morgan fingerprint density at radius 3 is 1.85 bits per heavy atom. The summed E-state index contributed by atoms with van der Waals surface area (Å²) < 4.78 is 0. The molecule has 0 bridgehead atoms. The summed E-state index contributed by atoms with van der Waals surface area (Å²) in [5.41, 5.74) is 7.43. The fourth-order valence-corrected chi connectivity index (χ4v) is 6.25. The Bertz CT molecular complexity index is 2330. The molecule has 0 aliphatic carbocycles. The first-order chi connectivity index (χ1) is 25.0. The maximum absolute atomic E-state index is 11.9. The Labute approximate surface area is 327 Å². The third-order valence-electron chi connectivity index (χ3n) is 9.06. The molecule has 7 rings (SSSR count). The number of para-hydroxylation sites is 1. The second-order valence-electron chi connectivity index (χ2n) is 14.9. The minimum atomic E-state index is -0.314. The van der Waals surface area contributed by atoms with E-state index in [1.165, 1.54) is 0 Å². The van der Waals surface area contributed by atoms with Crippen LogP contribution in [0.25, 0.3) is 45.3 Å². The molecule has 2 aromatic heterocycles. The summed E-state index contributed by atoms with van der Waals surface area (Å²) in [6, 6.07) is 48.2. The minimum absolute atomic E-state index is 0. The van der Waals surface area contributed by atoms with Crippen LogP contribution in [0.15, 0.2) is 140 Å². The van der Waals surface area contributed by atoms with E-state index in [0.717, 1.165) is 45.0 Å². The van der Waals surface area contributed by atoms with Crippen molar-refractivity contribution in [3.05, 3.63) is 157 Å². The van der Waals surface area contributed by atoms with Crippen LogP contribution in [-0.2, 0) is 31.9 Å². The van der Waals surface area contributed by atoms with Crippen LogP contribution < -0.4 is 4.90 Å². The summed E-state index contributed by atoms with van der Waals surface area (Å²) in [6.45, 7) is 12.8. The summed E-state index contributed by atoms with van der Waals surface area (Å²) in [5.74, 6) is 2.27. The molecule has 2 heterocycles. The average molecular weight is 876 g/mol. The van der Waals surface area contributed by atoms with Crippen LogP contribution in [0.1, 0.15) is 52.7 Å². The van der Waals surface area contributed by atoms with Gasteiger partial charge in [0.2, 0.25) is 0 Å². The molecule has 1 N–H and O–H groups in total. The molecule has 5 aromatic carbocycles. The molecule has 7 aromatic rings. The normalized spacial score (nSPS) is 11.5. The van der Waals surface area contributed by atoms with E-state index < -0.39 is 0 Å². The molecule has 0 radical (unpaired) electrons. The first kappa shape index (κ1) is 37.3. The quantitative estimate of drug-likeness (QED) is 0.161. The van der Waals surface area contributed by atoms with Crippen LogP contribution in [0.2, 0.25) is 0 Å². The van der Waals surface area contributed by atoms with Gasteiger partial charge in [-0.05, 0) is 51.9 Å². The predicted molar refractivity (Wildman–Crippen MR) is 212 cm³/mol. The number of rotatable bonds is 7. The van der Waals surface area contributed by atoms with Gasteiger partial charge in [-0.15, -0.1) is 29.8 Å². The third kappa shape index (κ3) is 7.99. The number of phenolic OH excluding ortho intramolecular Hbond substituents is 1. The van der Waals surface area contributed by atoms with Gasteiger partial charge < -0.3 is 10.0 Å². The molecule has 0 fully saturated rings. The molecule has 268 valence electrons. The standard InChI is InChI=1S/C46H42N5O.Pt/c1-45(2,3)34-29-37(41(52)38(30-34)46(4,5)6)44-49-42(32-20-11-8-12-21-32)48-43(50-44)33-22-17-23-35(28-33)51(40-26-15-16-27-47-40)39-25-14-13-24-36(39)31-18-9-7-10-19-31;/h7-27,29-30,52H,1-6H3;/q-1;. The van der Waals surface area contributed by atoms with Crippen LogP contribution in [0.3, 0.4) is 0 Å². The van der Waals surface area contributed by atoms with E-state index in [9.17, 15) is 5.11 Å². The van der Waals surface area contributed by atoms with Crippen molar-refractivity contribution in [3.8, 4) is 51.0 Å². The van der Waals surface area contributed by atoms with Gasteiger partial charge in [-0.1, -0.05) is 133 Å². The number of aromatic hydroxyl groups is 1. The number of aromatic nitrogens is 4. The van der Waals surface area contributed by atoms with E-state index in [-0.39, 0.29) is 37.6 Å². The van der Waals surface area contributed by atoms with Crippen molar-refractivity contribution in [2.45, 2.75) is 52.4 Å². The van der Waals surface area contributed by atoms with Crippen molar-refractivity contribution in [1.82, 2.24) is 19.9 Å². The van der Waals surface area contributed by atoms with E-state index in [4.69, 9.17) is 19.9 Å². The van der Waals surface area contributed by atoms with Gasteiger partial charge in [-0.25, -0.2) is 9.97 Å². The summed E-state index contributed by atoms with van der Waals surface area (Å²) in [4.78, 5) is 22.0. The Kier molecular flexibility index (Phi) is 10.7. The zero-order chi connectivity index (χ0) is 36.5. The monoisotopic (exact) mass is 875 g/mol. The van der Waals surface area contributed by atoms with E-state index in [1.807, 2.05) is 97.1 Å². The van der Waals surface area contributed by atoms with E-state index >= 15 is 0 Å². The molecule has 7 heteroatoms. The first-order valence-corrected chi connectivity index (χ1v) is 17.6. The van der Waals surface area contributed by atoms with Crippen LogP contribution in [-0.4, -0.2) is 25.0 Å². The molecule has 53 heavy (non-hydrogen) atoms. The topological polar surface area (TPSA) is 75.0 Å². The van der Waals surface area contributed by atoms with E-state index in [0.29, 0.717) is 28.6 Å². The number of nitrogens with zero attached hydrogens (tertiary/aromatic N) is 5. The van der Waals surface area contributed by atoms with Crippen molar-refractivity contribution in [2.24, 2.45) is 0 Å². The van der Waals surface area contributed by atoms with Crippen LogP contribution in [0.4, 0.5) is 17.2 Å². The summed E-state index contributed by atoms with van der Waals surface area (Å²) in [7, 11) is 0. The van der Waals surface area contributed by atoms with Gasteiger partial charge >= 0.3 is 0 Å². The van der Waals surface area contributed by atoms with Gasteiger partial charge in [-0.2, -0.15) is 0 Å². The number of pyridine rings is 1. The van der Waals surface area contributed by atoms with Crippen molar-refractivity contribution in [2.75, 3.05) is 4.90 Å². The zero-order valence-electron chi connectivity index (χ0n) is 30.8. The summed E-state index contributed by atoms with van der Waals surface area (Å²) >= 11 is 0. The number of hydrogen-bond donors (Lipinski definition) is 1. The smallest absolute Gasteiger partial charge is 0.158 e. The van der Waals surface area contributed by atoms with Gasteiger partial charge in [0.15, 0.2) is 11.6 Å². The van der Waals surface area contributed by atoms with Gasteiger partial charge in [0, 0.05) is 44.0 Å². The molecule has 0 aliphatic rings. The van der Waals surface area contributed by atoms with Crippen molar-refractivity contribution in [3.63, 3.8) is 0 Å². The van der Waals surface area contributed by atoms with Gasteiger partial charge in [-0.3, -0.25) is 9.97 Å². The van der Waals surface area contributed by atoms with Crippen LogP contribution in [0, 0.1) is 6.07 Å². The van der Waals surface area contributed by atoms with E-state index in [2.05, 4.69) is 88.9 Å². The fraction of sp³-hybridized carbons (Fsp3) is 0.174. The molecular weight excluding hydrogens is 834 g/mol. The molecule has 0 atom stereocenters. The molecule has 0 amide bonds. The van der Waals surface area contributed by atoms with Crippen molar-refractivity contribution < 1.29 is 26.2 Å². The molecule has 0 saturated heterocycles. The number of anilines is 3. The molecule has 0 unspecified atom stereocenters. The van der Waals surface area contributed by atoms with Crippen LogP contribution in [0.5, 0.6) is 5.75 Å². The van der Waals surface area contributed by atoms with Gasteiger partial charge in [0.05, 0.1) is 17.1 Å². The summed E-state index contributed by atoms with van der Waals surface area (Å²) in [6.07, 6.45) is 1.80. The molecule has 6 nitrogen and oxygen atoms in total. The Morgan fingerprint density at radius 2 is 1.19 bits per heavy atom. The maximum atomic E-state index is 11.9. The van der Waals surface area contributed by atoms with Crippen LogP contribution >= 0.6 is 0 Å². The summed E-state index contributed by atoms with van der Waals surface area (Å²) in [5, 5.41) is 11.9. The van der Waals surface area contributed by atoms with E-state index in [1.54, 1.807) is 6.20 Å². The van der Waals surface area contributed by atoms with Crippen molar-refractivity contribution >= 4 is 17.2 Å². The Morgan fingerprint density at radius 1 is 0.566 bits per heavy atom. The Hall–Kier alpha value is -5.45. The SMILES string of the molecule is CC(C)(C)c1cc(-c2nc(-c3[c-]c(N(c4ccccn4)c4ccccc4-c4ccccc4)ccc3)nc(-c3ccccc3)n2)c(O)c(C(C)(C)C)c1.[Pt]. The minimum Gasteiger partial charge on any atom is -0.507 e. The van der Waals surface area contributed by atoms with Gasteiger partial charge in [0.25, 0.3) is 0 Å². The third-order valence-corrected chi connectivity index (χ3v) is 9.06. The Balaban J connectivity index is 0.00000481. The van der Waals surface area contributed by atoms with Gasteiger partial charge in [0.1, 0.15) is 11.6 Å². The maximum Gasteiger partial charge on any atom is 0.158 e.